The number of fused-ring (bicyclic) bond motifs is 1. The van der Waals surface area contributed by atoms with Gasteiger partial charge in [-0.25, -0.2) is 14.2 Å². The van der Waals surface area contributed by atoms with Gasteiger partial charge in [-0.1, -0.05) is 12.1 Å². The average Bonchev–Trinajstić information content (AvgIpc) is 2.94. The van der Waals surface area contributed by atoms with E-state index in [-0.39, 0.29) is 29.2 Å². The minimum absolute atomic E-state index is 0.101. The van der Waals surface area contributed by atoms with Crippen LogP contribution < -0.4 is 10.2 Å². The van der Waals surface area contributed by atoms with E-state index >= 15 is 0 Å². The maximum absolute atomic E-state index is 12.8. The van der Waals surface area contributed by atoms with E-state index in [4.69, 9.17) is 14.7 Å². The van der Waals surface area contributed by atoms with E-state index in [0.29, 0.717) is 16.9 Å². The number of morpholine rings is 1. The third-order valence-electron chi connectivity index (χ3n) is 6.29. The fourth-order valence-corrected chi connectivity index (χ4v) is 5.20. The van der Waals surface area contributed by atoms with Crippen LogP contribution in [0.2, 0.25) is 0 Å². The Morgan fingerprint density at radius 1 is 1.05 bits per heavy atom. The number of nitrogens with one attached hydrogen (secondary N) is 1. The number of hydrogen-bond acceptors (Lipinski definition) is 7. The number of nitrogens with zero attached hydrogens (tertiary/aromatic N) is 4. The molecule has 202 valence electrons. The Kier molecular flexibility index (Phi) is 7.89. The summed E-state index contributed by atoms with van der Waals surface area (Å²) >= 11 is 0. The van der Waals surface area contributed by atoms with Gasteiger partial charge in [-0.2, -0.15) is 8.78 Å². The molecule has 1 fully saturated rings. The van der Waals surface area contributed by atoms with Crippen molar-refractivity contribution in [2.45, 2.75) is 43.3 Å². The molecule has 8 nitrogen and oxygen atoms in total. The van der Waals surface area contributed by atoms with E-state index in [2.05, 4.69) is 29.0 Å². The lowest BCUT2D eigenvalue weighted by Crippen LogP contribution is -2.45. The number of anilines is 1. The van der Waals surface area contributed by atoms with Crippen LogP contribution in [0.3, 0.4) is 0 Å². The molecule has 4 aromatic rings. The molecular weight excluding hydrogens is 524 g/mol. The molecule has 0 bridgehead atoms. The van der Waals surface area contributed by atoms with Crippen molar-refractivity contribution in [1.82, 2.24) is 20.3 Å². The van der Waals surface area contributed by atoms with Crippen LogP contribution in [0, 0.1) is 0 Å². The van der Waals surface area contributed by atoms with Gasteiger partial charge < -0.3 is 15.0 Å². The van der Waals surface area contributed by atoms with Gasteiger partial charge >= 0.3 is 5.76 Å². The smallest absolute Gasteiger partial charge is 0.316 e. The van der Waals surface area contributed by atoms with E-state index in [0.717, 1.165) is 30.0 Å². The Hall–Kier alpha value is -3.83. The summed E-state index contributed by atoms with van der Waals surface area (Å²) < 4.78 is 43.1. The molecule has 11 heteroatoms. The van der Waals surface area contributed by atoms with Gasteiger partial charge in [0.05, 0.1) is 41.4 Å². The maximum atomic E-state index is 12.8. The van der Waals surface area contributed by atoms with E-state index in [1.807, 2.05) is 30.3 Å². The molecule has 0 radical (unpaired) electrons. The summed E-state index contributed by atoms with van der Waals surface area (Å²) in [7, 11) is -2.49. The predicted octanol–water partition coefficient (Wildman–Crippen LogP) is 4.57. The molecule has 3 aromatic heterocycles. The van der Waals surface area contributed by atoms with Crippen molar-refractivity contribution in [2.75, 3.05) is 18.0 Å². The van der Waals surface area contributed by atoms with Gasteiger partial charge in [-0.15, -0.1) is 0 Å². The van der Waals surface area contributed by atoms with Crippen LogP contribution in [-0.2, 0) is 22.1 Å². The zero-order valence-electron chi connectivity index (χ0n) is 21.4. The molecule has 1 aromatic carbocycles. The third-order valence-corrected chi connectivity index (χ3v) is 7.33. The SMILES string of the molecule is C[C@@H]1CN(c2cccc(-c3ccc4cnc(CNC(=O)c5cccc([S@@](=O)C(F)F)c5)cc4n3)n2)C[C@H](C)O1. The normalized spacial score (nSPS) is 18.3. The van der Waals surface area contributed by atoms with Crippen molar-refractivity contribution in [1.29, 1.82) is 0 Å². The van der Waals surface area contributed by atoms with Gasteiger partial charge in [0.2, 0.25) is 0 Å². The summed E-state index contributed by atoms with van der Waals surface area (Å²) in [5.74, 6) is -2.64. The van der Waals surface area contributed by atoms with Crippen molar-refractivity contribution < 1.29 is 22.5 Å². The highest BCUT2D eigenvalue weighted by atomic mass is 32.2. The molecule has 39 heavy (non-hydrogen) atoms. The van der Waals surface area contributed by atoms with E-state index in [1.54, 1.807) is 12.3 Å². The largest absolute Gasteiger partial charge is 0.372 e. The lowest BCUT2D eigenvalue weighted by atomic mass is 10.1. The second kappa shape index (κ2) is 11.5. The quantitative estimate of drug-likeness (QED) is 0.360. The van der Waals surface area contributed by atoms with Crippen LogP contribution in [0.1, 0.15) is 29.9 Å². The first-order valence-corrected chi connectivity index (χ1v) is 13.7. The second-order valence-electron chi connectivity index (χ2n) is 9.38. The number of hydrogen-bond donors (Lipinski definition) is 1. The van der Waals surface area contributed by atoms with E-state index < -0.39 is 22.5 Å². The molecule has 0 aliphatic carbocycles. The number of halogens is 2. The van der Waals surface area contributed by atoms with Crippen molar-refractivity contribution in [3.8, 4) is 11.4 Å². The fourth-order valence-electron chi connectivity index (χ4n) is 4.54. The van der Waals surface area contributed by atoms with Crippen molar-refractivity contribution in [3.05, 3.63) is 78.1 Å². The van der Waals surface area contributed by atoms with Crippen LogP contribution in [0.15, 0.2) is 71.8 Å². The predicted molar refractivity (Wildman–Crippen MR) is 145 cm³/mol. The fraction of sp³-hybridized carbons (Fsp3) is 0.286. The number of ether oxygens (including phenoxy) is 1. The lowest BCUT2D eigenvalue weighted by Gasteiger charge is -2.36. The first-order chi connectivity index (χ1) is 18.8. The van der Waals surface area contributed by atoms with Crippen molar-refractivity contribution in [2.24, 2.45) is 0 Å². The van der Waals surface area contributed by atoms with Gasteiger partial charge in [-0.3, -0.25) is 9.78 Å². The maximum Gasteiger partial charge on any atom is 0.316 e. The highest BCUT2D eigenvalue weighted by Gasteiger charge is 2.23. The standard InChI is InChI=1S/C28H27F2N5O3S/c1-17-15-35(16-18(2)38-17)26-8-4-7-23(34-26)24-10-9-20-13-31-21(12-25(20)33-24)14-32-27(36)19-5-3-6-22(11-19)39(37)28(29)30/h3-13,17-18,28H,14-16H2,1-2H3,(H,32,36)/t17-,18+,39-/m1/s1. The molecule has 1 aliphatic rings. The van der Waals surface area contributed by atoms with E-state index in [1.165, 1.54) is 24.3 Å². The highest BCUT2D eigenvalue weighted by molar-refractivity contribution is 7.85. The van der Waals surface area contributed by atoms with Crippen molar-refractivity contribution >= 4 is 33.4 Å². The zero-order valence-corrected chi connectivity index (χ0v) is 22.2. The number of carbonyl (C=O) groups excluding carboxylic acids is 1. The summed E-state index contributed by atoms with van der Waals surface area (Å²) in [6.07, 6.45) is 1.92. The number of pyridine rings is 3. The Morgan fingerprint density at radius 3 is 2.56 bits per heavy atom. The molecular formula is C28H27F2N5O3S. The number of carbonyl (C=O) groups is 1. The molecule has 0 spiro atoms. The summed E-state index contributed by atoms with van der Waals surface area (Å²) in [5, 5.41) is 3.56. The second-order valence-corrected chi connectivity index (χ2v) is 10.8. The molecule has 5 rings (SSSR count). The van der Waals surface area contributed by atoms with Crippen molar-refractivity contribution in [3.63, 3.8) is 0 Å². The lowest BCUT2D eigenvalue weighted by molar-refractivity contribution is -0.00545. The summed E-state index contributed by atoms with van der Waals surface area (Å²) in [6.45, 7) is 5.74. The highest BCUT2D eigenvalue weighted by Crippen LogP contribution is 2.24. The average molecular weight is 552 g/mol. The Balaban J connectivity index is 1.32. The van der Waals surface area contributed by atoms with Crippen LogP contribution in [0.25, 0.3) is 22.3 Å². The van der Waals surface area contributed by atoms with Crippen LogP contribution >= 0.6 is 0 Å². The Bertz CT molecular complexity index is 1530. The zero-order chi connectivity index (χ0) is 27.5. The molecule has 1 aliphatic heterocycles. The summed E-state index contributed by atoms with van der Waals surface area (Å²) in [6, 6.07) is 16.9. The van der Waals surface area contributed by atoms with Gasteiger partial charge in [0, 0.05) is 35.1 Å². The van der Waals surface area contributed by atoms with Gasteiger partial charge in [0.25, 0.3) is 5.91 Å². The van der Waals surface area contributed by atoms with Gasteiger partial charge in [-0.05, 0) is 62.4 Å². The Labute approximate surface area is 226 Å². The number of benzene rings is 1. The summed E-state index contributed by atoms with van der Waals surface area (Å²) in [4.78, 5) is 28.8. The van der Waals surface area contributed by atoms with E-state index in [9.17, 15) is 17.8 Å². The molecule has 3 atom stereocenters. The number of alkyl halides is 2. The molecule has 0 unspecified atom stereocenters. The van der Waals surface area contributed by atoms with Crippen LogP contribution in [0.4, 0.5) is 14.6 Å². The molecule has 4 heterocycles. The monoisotopic (exact) mass is 551 g/mol. The number of rotatable bonds is 7. The summed E-state index contributed by atoms with van der Waals surface area (Å²) in [5.41, 5.74) is 2.86. The molecule has 1 saturated heterocycles. The van der Waals surface area contributed by atoms with Crippen LogP contribution in [-0.4, -0.2) is 56.1 Å². The Morgan fingerprint density at radius 2 is 1.79 bits per heavy atom. The number of amides is 1. The first-order valence-electron chi connectivity index (χ1n) is 12.5. The van der Waals surface area contributed by atoms with Crippen LogP contribution in [0.5, 0.6) is 0 Å². The minimum atomic E-state index is -3.02. The first kappa shape index (κ1) is 26.8. The topological polar surface area (TPSA) is 97.3 Å². The number of aromatic nitrogens is 3. The molecule has 1 amide bonds. The third kappa shape index (κ3) is 6.26. The van der Waals surface area contributed by atoms with Gasteiger partial charge in [0.15, 0.2) is 0 Å². The van der Waals surface area contributed by atoms with Gasteiger partial charge in [0.1, 0.15) is 16.6 Å². The molecule has 1 N–H and O–H groups in total. The molecule has 0 saturated carbocycles. The minimum Gasteiger partial charge on any atom is -0.372 e.